The number of H-pyrrole nitrogens is 1. The van der Waals surface area contributed by atoms with Gasteiger partial charge in [0.15, 0.2) is 0 Å². The van der Waals surface area contributed by atoms with E-state index in [2.05, 4.69) is 20.8 Å². The Morgan fingerprint density at radius 2 is 2.00 bits per heavy atom. The number of piperidine rings is 1. The van der Waals surface area contributed by atoms with Crippen molar-refractivity contribution >= 4 is 44.1 Å². The Labute approximate surface area is 192 Å². The largest absolute Gasteiger partial charge is 0.325 e. The summed E-state index contributed by atoms with van der Waals surface area (Å²) in [6.45, 7) is 3.41. The van der Waals surface area contributed by atoms with Gasteiger partial charge in [0.25, 0.3) is 0 Å². The SMILES string of the molecule is Cc1cc(S(=O)(=O)N(C)CC(=O)Nc2ccc(C3CCNCC3)c(Cl)c2)c2[nH]ncc2c1. The van der Waals surface area contributed by atoms with Crippen molar-refractivity contribution in [3.63, 3.8) is 0 Å². The van der Waals surface area contributed by atoms with Gasteiger partial charge < -0.3 is 10.6 Å². The van der Waals surface area contributed by atoms with Crippen LogP contribution in [0.4, 0.5) is 5.69 Å². The minimum atomic E-state index is -3.91. The maximum atomic E-state index is 13.1. The first-order valence-corrected chi connectivity index (χ1v) is 12.3. The number of aromatic nitrogens is 2. The molecular formula is C22H26ClN5O3S. The van der Waals surface area contributed by atoms with Gasteiger partial charge >= 0.3 is 0 Å². The van der Waals surface area contributed by atoms with Gasteiger partial charge in [-0.25, -0.2) is 8.42 Å². The molecule has 0 atom stereocenters. The summed E-state index contributed by atoms with van der Waals surface area (Å²) in [6, 6.07) is 8.89. The summed E-state index contributed by atoms with van der Waals surface area (Å²) >= 11 is 6.48. The zero-order chi connectivity index (χ0) is 22.9. The fourth-order valence-electron chi connectivity index (χ4n) is 4.10. The maximum absolute atomic E-state index is 13.1. The lowest BCUT2D eigenvalue weighted by molar-refractivity contribution is -0.116. The molecule has 0 bridgehead atoms. The van der Waals surface area contributed by atoms with Crippen LogP contribution in [0.25, 0.3) is 10.9 Å². The molecular weight excluding hydrogens is 450 g/mol. The number of anilines is 1. The van der Waals surface area contributed by atoms with Crippen molar-refractivity contribution in [2.75, 3.05) is 32.0 Å². The van der Waals surface area contributed by atoms with Crippen molar-refractivity contribution in [2.45, 2.75) is 30.6 Å². The Balaban J connectivity index is 1.46. The van der Waals surface area contributed by atoms with Crippen molar-refractivity contribution in [3.8, 4) is 0 Å². The van der Waals surface area contributed by atoms with Crippen molar-refractivity contribution in [3.05, 3.63) is 52.7 Å². The van der Waals surface area contributed by atoms with E-state index >= 15 is 0 Å². The molecule has 10 heteroatoms. The Hall–Kier alpha value is -2.46. The highest BCUT2D eigenvalue weighted by molar-refractivity contribution is 7.89. The van der Waals surface area contributed by atoms with Gasteiger partial charge in [0.05, 0.1) is 18.3 Å². The molecule has 1 saturated heterocycles. The predicted octanol–water partition coefficient (Wildman–Crippen LogP) is 3.25. The van der Waals surface area contributed by atoms with Gasteiger partial charge in [-0.05, 0) is 74.2 Å². The Kier molecular flexibility index (Phi) is 6.52. The third-order valence-electron chi connectivity index (χ3n) is 5.77. The molecule has 3 aromatic rings. The third-order valence-corrected chi connectivity index (χ3v) is 7.93. The van der Waals surface area contributed by atoms with Crippen molar-refractivity contribution < 1.29 is 13.2 Å². The van der Waals surface area contributed by atoms with Gasteiger partial charge in [0.2, 0.25) is 15.9 Å². The summed E-state index contributed by atoms with van der Waals surface area (Å²) in [5.41, 5.74) is 2.82. The van der Waals surface area contributed by atoms with Gasteiger partial charge in [0.1, 0.15) is 4.90 Å². The zero-order valence-electron chi connectivity index (χ0n) is 18.0. The maximum Gasteiger partial charge on any atom is 0.245 e. The van der Waals surface area contributed by atoms with Crippen molar-refractivity contribution in [2.24, 2.45) is 0 Å². The molecule has 1 amide bonds. The smallest absolute Gasteiger partial charge is 0.245 e. The van der Waals surface area contributed by atoms with E-state index in [4.69, 9.17) is 11.6 Å². The number of nitrogens with zero attached hydrogens (tertiary/aromatic N) is 2. The Morgan fingerprint density at radius 3 is 2.72 bits per heavy atom. The van der Waals surface area contributed by atoms with E-state index in [1.54, 1.807) is 18.3 Å². The molecule has 0 radical (unpaired) electrons. The Bertz CT molecular complexity index is 1250. The minimum absolute atomic E-state index is 0.0923. The van der Waals surface area contributed by atoms with Gasteiger partial charge in [-0.15, -0.1) is 0 Å². The number of amides is 1. The molecule has 3 N–H and O–H groups in total. The molecule has 0 aliphatic carbocycles. The molecule has 2 heterocycles. The number of likely N-dealkylation sites (N-methyl/N-ethyl adjacent to an activating group) is 1. The van der Waals surface area contributed by atoms with E-state index in [-0.39, 0.29) is 11.4 Å². The predicted molar refractivity (Wildman–Crippen MR) is 126 cm³/mol. The summed E-state index contributed by atoms with van der Waals surface area (Å²) in [6.07, 6.45) is 3.62. The van der Waals surface area contributed by atoms with Crippen LogP contribution in [0.15, 0.2) is 41.4 Å². The second-order valence-corrected chi connectivity index (χ2v) is 10.6. The monoisotopic (exact) mass is 475 g/mol. The van der Waals surface area contributed by atoms with Crippen LogP contribution in [0.5, 0.6) is 0 Å². The van der Waals surface area contributed by atoms with E-state index in [9.17, 15) is 13.2 Å². The van der Waals surface area contributed by atoms with E-state index in [0.29, 0.717) is 27.5 Å². The molecule has 1 fully saturated rings. The number of hydrogen-bond acceptors (Lipinski definition) is 5. The molecule has 32 heavy (non-hydrogen) atoms. The number of benzene rings is 2. The highest BCUT2D eigenvalue weighted by Gasteiger charge is 2.26. The van der Waals surface area contributed by atoms with Crippen LogP contribution in [-0.2, 0) is 14.8 Å². The van der Waals surface area contributed by atoms with Gasteiger partial charge in [0, 0.05) is 23.1 Å². The van der Waals surface area contributed by atoms with E-state index in [1.807, 2.05) is 25.1 Å². The number of aryl methyl sites for hydroxylation is 1. The van der Waals surface area contributed by atoms with E-state index in [0.717, 1.165) is 41.4 Å². The number of halogens is 1. The number of carbonyl (C=O) groups is 1. The molecule has 1 aliphatic heterocycles. The molecule has 0 spiro atoms. The molecule has 0 saturated carbocycles. The lowest BCUT2D eigenvalue weighted by Crippen LogP contribution is -2.35. The molecule has 170 valence electrons. The average Bonchev–Trinajstić information content (AvgIpc) is 3.22. The molecule has 4 rings (SSSR count). The minimum Gasteiger partial charge on any atom is -0.325 e. The number of hydrogen-bond donors (Lipinski definition) is 3. The second kappa shape index (κ2) is 9.19. The summed E-state index contributed by atoms with van der Waals surface area (Å²) in [5, 5.41) is 14.1. The number of nitrogens with one attached hydrogen (secondary N) is 3. The normalized spacial score (nSPS) is 15.4. The number of sulfonamides is 1. The quantitative estimate of drug-likeness (QED) is 0.507. The highest BCUT2D eigenvalue weighted by atomic mass is 35.5. The number of carbonyl (C=O) groups excluding carboxylic acids is 1. The van der Waals surface area contributed by atoms with Crippen molar-refractivity contribution in [1.29, 1.82) is 0 Å². The van der Waals surface area contributed by atoms with Crippen LogP contribution in [-0.4, -0.2) is 55.5 Å². The zero-order valence-corrected chi connectivity index (χ0v) is 19.6. The first-order chi connectivity index (χ1) is 15.3. The van der Waals surface area contributed by atoms with Gasteiger partial charge in [-0.3, -0.25) is 9.89 Å². The fourth-order valence-corrected chi connectivity index (χ4v) is 5.81. The van der Waals surface area contributed by atoms with Crippen LogP contribution in [0.3, 0.4) is 0 Å². The molecule has 1 aliphatic rings. The average molecular weight is 476 g/mol. The summed E-state index contributed by atoms with van der Waals surface area (Å²) in [7, 11) is -2.52. The van der Waals surface area contributed by atoms with E-state index in [1.165, 1.54) is 7.05 Å². The topological polar surface area (TPSA) is 107 Å². The fraction of sp³-hybridized carbons (Fsp3) is 0.364. The molecule has 2 aromatic carbocycles. The number of fused-ring (bicyclic) bond motifs is 1. The molecule has 8 nitrogen and oxygen atoms in total. The molecule has 0 unspecified atom stereocenters. The van der Waals surface area contributed by atoms with Crippen LogP contribution in [0.1, 0.15) is 29.9 Å². The Morgan fingerprint density at radius 1 is 1.25 bits per heavy atom. The number of rotatable bonds is 6. The van der Waals surface area contributed by atoms with Crippen LogP contribution in [0.2, 0.25) is 5.02 Å². The van der Waals surface area contributed by atoms with Crippen LogP contribution in [0, 0.1) is 6.92 Å². The van der Waals surface area contributed by atoms with E-state index < -0.39 is 15.9 Å². The summed E-state index contributed by atoms with van der Waals surface area (Å²) in [4.78, 5) is 12.7. The van der Waals surface area contributed by atoms with Gasteiger partial charge in [-0.1, -0.05) is 17.7 Å². The first kappa shape index (κ1) is 22.7. The van der Waals surface area contributed by atoms with Gasteiger partial charge in [-0.2, -0.15) is 9.40 Å². The summed E-state index contributed by atoms with van der Waals surface area (Å²) < 4.78 is 27.3. The summed E-state index contributed by atoms with van der Waals surface area (Å²) in [5.74, 6) is -0.0475. The highest BCUT2D eigenvalue weighted by Crippen LogP contribution is 2.33. The second-order valence-electron chi connectivity index (χ2n) is 8.17. The third kappa shape index (κ3) is 4.66. The van der Waals surface area contributed by atoms with Crippen LogP contribution >= 0.6 is 11.6 Å². The lowest BCUT2D eigenvalue weighted by Gasteiger charge is -2.24. The first-order valence-electron chi connectivity index (χ1n) is 10.5. The standard InChI is InChI=1S/C22H26ClN5O3S/c1-14-9-16-12-25-27-22(16)20(10-14)32(30,31)28(2)13-21(29)26-17-3-4-18(19(23)11-17)15-5-7-24-8-6-15/h3-4,9-12,15,24H,5-8,13H2,1-2H3,(H,25,27)(H,26,29). The molecule has 1 aromatic heterocycles. The number of aromatic amines is 1. The van der Waals surface area contributed by atoms with Crippen LogP contribution < -0.4 is 10.6 Å². The van der Waals surface area contributed by atoms with Crippen molar-refractivity contribution in [1.82, 2.24) is 19.8 Å². The lowest BCUT2D eigenvalue weighted by atomic mass is 9.90.